The number of rotatable bonds is 5. The van der Waals surface area contributed by atoms with Gasteiger partial charge in [-0.25, -0.2) is 0 Å². The highest BCUT2D eigenvalue weighted by atomic mass is 35.5. The molecule has 0 saturated carbocycles. The van der Waals surface area contributed by atoms with Gasteiger partial charge < -0.3 is 15.4 Å². The Kier molecular flexibility index (Phi) is 5.28. The van der Waals surface area contributed by atoms with E-state index in [0.29, 0.717) is 16.5 Å². The highest BCUT2D eigenvalue weighted by molar-refractivity contribution is 6.31. The number of amides is 1. The van der Waals surface area contributed by atoms with Crippen LogP contribution in [0, 0.1) is 6.92 Å². The van der Waals surface area contributed by atoms with E-state index in [4.69, 9.17) is 16.3 Å². The van der Waals surface area contributed by atoms with Gasteiger partial charge in [0.2, 0.25) is 5.91 Å². The van der Waals surface area contributed by atoms with Crippen LogP contribution in [0.25, 0.3) is 0 Å². The molecule has 0 spiro atoms. The zero-order valence-electron chi connectivity index (χ0n) is 12.8. The highest BCUT2D eigenvalue weighted by Gasteiger charge is 2.15. The first-order chi connectivity index (χ1) is 10.5. The Bertz CT molecular complexity index is 673. The lowest BCUT2D eigenvalue weighted by Gasteiger charge is -2.18. The van der Waals surface area contributed by atoms with Crippen molar-refractivity contribution in [1.82, 2.24) is 0 Å². The van der Waals surface area contributed by atoms with Crippen molar-refractivity contribution >= 4 is 28.9 Å². The summed E-state index contributed by atoms with van der Waals surface area (Å²) in [6.07, 6.45) is 0. The molecule has 22 heavy (non-hydrogen) atoms. The number of anilines is 2. The molecule has 1 amide bonds. The Hall–Kier alpha value is -2.20. The summed E-state index contributed by atoms with van der Waals surface area (Å²) < 4.78 is 5.23. The van der Waals surface area contributed by atoms with E-state index in [-0.39, 0.29) is 5.91 Å². The zero-order chi connectivity index (χ0) is 16.1. The van der Waals surface area contributed by atoms with Crippen LogP contribution in [0.2, 0.25) is 5.02 Å². The van der Waals surface area contributed by atoms with Gasteiger partial charge in [0, 0.05) is 10.7 Å². The normalized spacial score (nSPS) is 11.6. The summed E-state index contributed by atoms with van der Waals surface area (Å²) in [7, 11) is 1.57. The quantitative estimate of drug-likeness (QED) is 0.872. The third kappa shape index (κ3) is 3.71. The number of benzene rings is 2. The predicted octanol–water partition coefficient (Wildman–Crippen LogP) is 4.10. The number of hydrogen-bond acceptors (Lipinski definition) is 3. The first-order valence-corrected chi connectivity index (χ1v) is 7.36. The van der Waals surface area contributed by atoms with E-state index in [2.05, 4.69) is 10.6 Å². The van der Waals surface area contributed by atoms with Crippen LogP contribution < -0.4 is 15.4 Å². The average Bonchev–Trinajstić information content (AvgIpc) is 2.52. The third-order valence-corrected chi connectivity index (χ3v) is 3.81. The van der Waals surface area contributed by atoms with Gasteiger partial charge in [0.25, 0.3) is 0 Å². The molecule has 0 bridgehead atoms. The Morgan fingerprint density at radius 2 is 1.82 bits per heavy atom. The van der Waals surface area contributed by atoms with Gasteiger partial charge in [-0.3, -0.25) is 4.79 Å². The lowest BCUT2D eigenvalue weighted by atomic mass is 10.1. The maximum atomic E-state index is 12.3. The molecule has 0 unspecified atom stereocenters. The van der Waals surface area contributed by atoms with E-state index in [9.17, 15) is 4.79 Å². The molecular formula is C17H19ClN2O2. The molecule has 0 aromatic heterocycles. The maximum absolute atomic E-state index is 12.3. The number of nitrogens with one attached hydrogen (secondary N) is 2. The number of carbonyl (C=O) groups is 1. The molecule has 0 radical (unpaired) electrons. The molecule has 0 saturated heterocycles. The van der Waals surface area contributed by atoms with Gasteiger partial charge in [-0.05, 0) is 43.7 Å². The monoisotopic (exact) mass is 318 g/mol. The number of ether oxygens (including phenoxy) is 1. The van der Waals surface area contributed by atoms with Crippen molar-refractivity contribution in [1.29, 1.82) is 0 Å². The summed E-state index contributed by atoms with van der Waals surface area (Å²) in [6, 6.07) is 12.5. The van der Waals surface area contributed by atoms with Crippen molar-refractivity contribution in [2.45, 2.75) is 19.9 Å². The standard InChI is InChI=1S/C17H19ClN2O2/c1-11-13(18)7-6-9-14(11)19-12(2)17(21)20-15-8-4-5-10-16(15)22-3/h4-10,12,19H,1-3H3,(H,20,21)/t12-/m1/s1. The number of para-hydroxylation sites is 2. The molecule has 2 aromatic carbocycles. The van der Waals surface area contributed by atoms with Gasteiger partial charge in [-0.2, -0.15) is 0 Å². The van der Waals surface area contributed by atoms with Crippen LogP contribution in [0.15, 0.2) is 42.5 Å². The molecule has 1 atom stereocenters. The summed E-state index contributed by atoms with van der Waals surface area (Å²) in [5, 5.41) is 6.70. The largest absolute Gasteiger partial charge is 0.495 e. The summed E-state index contributed by atoms with van der Waals surface area (Å²) in [5.74, 6) is 0.478. The second-order valence-electron chi connectivity index (χ2n) is 4.97. The van der Waals surface area contributed by atoms with E-state index in [0.717, 1.165) is 11.3 Å². The predicted molar refractivity (Wildman–Crippen MR) is 90.9 cm³/mol. The molecule has 5 heteroatoms. The molecule has 0 aliphatic heterocycles. The van der Waals surface area contributed by atoms with Gasteiger partial charge in [-0.15, -0.1) is 0 Å². The fraction of sp³-hybridized carbons (Fsp3) is 0.235. The molecule has 0 aliphatic carbocycles. The third-order valence-electron chi connectivity index (χ3n) is 3.40. The minimum Gasteiger partial charge on any atom is -0.495 e. The lowest BCUT2D eigenvalue weighted by Crippen LogP contribution is -2.32. The first kappa shape index (κ1) is 16.2. The van der Waals surface area contributed by atoms with Gasteiger partial charge in [-0.1, -0.05) is 29.8 Å². The van der Waals surface area contributed by atoms with Crippen LogP contribution in [0.1, 0.15) is 12.5 Å². The van der Waals surface area contributed by atoms with Crippen molar-refractivity contribution in [3.63, 3.8) is 0 Å². The van der Waals surface area contributed by atoms with Crippen LogP contribution in [-0.4, -0.2) is 19.1 Å². The van der Waals surface area contributed by atoms with Crippen LogP contribution in [0.3, 0.4) is 0 Å². The van der Waals surface area contributed by atoms with E-state index in [1.807, 2.05) is 37.3 Å². The molecular weight excluding hydrogens is 300 g/mol. The van der Waals surface area contributed by atoms with Crippen LogP contribution in [0.4, 0.5) is 11.4 Å². The zero-order valence-corrected chi connectivity index (χ0v) is 13.6. The van der Waals surface area contributed by atoms with Crippen LogP contribution in [-0.2, 0) is 4.79 Å². The Balaban J connectivity index is 2.08. The van der Waals surface area contributed by atoms with Crippen molar-refractivity contribution in [2.24, 2.45) is 0 Å². The SMILES string of the molecule is COc1ccccc1NC(=O)[C@@H](C)Nc1cccc(Cl)c1C. The van der Waals surface area contributed by atoms with E-state index in [1.165, 1.54) is 0 Å². The molecule has 0 fully saturated rings. The van der Waals surface area contributed by atoms with Crippen LogP contribution in [0.5, 0.6) is 5.75 Å². The van der Waals surface area contributed by atoms with Crippen molar-refractivity contribution in [3.05, 3.63) is 53.1 Å². The fourth-order valence-electron chi connectivity index (χ4n) is 2.05. The second kappa shape index (κ2) is 7.18. The number of carbonyl (C=O) groups excluding carboxylic acids is 1. The smallest absolute Gasteiger partial charge is 0.246 e. The Morgan fingerprint density at radius 1 is 1.14 bits per heavy atom. The fourth-order valence-corrected chi connectivity index (χ4v) is 2.23. The van der Waals surface area contributed by atoms with E-state index >= 15 is 0 Å². The van der Waals surface area contributed by atoms with E-state index in [1.54, 1.807) is 26.2 Å². The van der Waals surface area contributed by atoms with Gasteiger partial charge in [0.1, 0.15) is 11.8 Å². The number of halogens is 1. The second-order valence-corrected chi connectivity index (χ2v) is 5.38. The van der Waals surface area contributed by atoms with Gasteiger partial charge in [0.05, 0.1) is 12.8 Å². The van der Waals surface area contributed by atoms with Crippen molar-refractivity contribution in [3.8, 4) is 5.75 Å². The topological polar surface area (TPSA) is 50.4 Å². The molecule has 4 nitrogen and oxygen atoms in total. The molecule has 2 rings (SSSR count). The molecule has 2 N–H and O–H groups in total. The summed E-state index contributed by atoms with van der Waals surface area (Å²) in [6.45, 7) is 3.71. The summed E-state index contributed by atoms with van der Waals surface area (Å²) in [5.41, 5.74) is 2.41. The Morgan fingerprint density at radius 3 is 2.55 bits per heavy atom. The summed E-state index contributed by atoms with van der Waals surface area (Å²) >= 11 is 6.09. The number of hydrogen-bond donors (Lipinski definition) is 2. The Labute approximate surface area is 135 Å². The van der Waals surface area contributed by atoms with Gasteiger partial charge in [0.15, 0.2) is 0 Å². The first-order valence-electron chi connectivity index (χ1n) is 6.98. The van der Waals surface area contributed by atoms with Crippen molar-refractivity contribution in [2.75, 3.05) is 17.7 Å². The van der Waals surface area contributed by atoms with E-state index < -0.39 is 6.04 Å². The van der Waals surface area contributed by atoms with Crippen molar-refractivity contribution < 1.29 is 9.53 Å². The minimum atomic E-state index is -0.415. The molecule has 116 valence electrons. The molecule has 0 heterocycles. The lowest BCUT2D eigenvalue weighted by molar-refractivity contribution is -0.116. The molecule has 2 aromatic rings. The summed E-state index contributed by atoms with van der Waals surface area (Å²) in [4.78, 5) is 12.3. The van der Waals surface area contributed by atoms with Crippen LogP contribution >= 0.6 is 11.6 Å². The van der Waals surface area contributed by atoms with Gasteiger partial charge >= 0.3 is 0 Å². The number of methoxy groups -OCH3 is 1. The minimum absolute atomic E-state index is 0.149. The highest BCUT2D eigenvalue weighted by Crippen LogP contribution is 2.25. The maximum Gasteiger partial charge on any atom is 0.246 e. The average molecular weight is 319 g/mol. The molecule has 0 aliphatic rings.